The molecule has 0 saturated heterocycles. The fourth-order valence-corrected chi connectivity index (χ4v) is 1.93. The predicted octanol–water partition coefficient (Wildman–Crippen LogP) is 4.20. The van der Waals surface area contributed by atoms with Gasteiger partial charge in [0.15, 0.2) is 0 Å². The molecule has 3 aromatic rings. The third-order valence-corrected chi connectivity index (χ3v) is 2.96. The van der Waals surface area contributed by atoms with Crippen LogP contribution in [0.3, 0.4) is 0 Å². The number of aromatic nitrogens is 2. The number of rotatable bonds is 2. The average Bonchev–Trinajstić information content (AvgIpc) is 2.89. The molecular weight excluding hydrogens is 267 g/mol. The largest absolute Gasteiger partial charge is 0.416 e. The van der Waals surface area contributed by atoms with E-state index in [1.54, 1.807) is 36.4 Å². The van der Waals surface area contributed by atoms with Gasteiger partial charge >= 0.3 is 0 Å². The molecule has 2 aromatic carbocycles. The quantitative estimate of drug-likeness (QED) is 0.703. The van der Waals surface area contributed by atoms with Crippen molar-refractivity contribution in [3.8, 4) is 22.9 Å². The highest BCUT2D eigenvalue weighted by atomic mass is 35.5. The Morgan fingerprint density at radius 3 is 2.11 bits per heavy atom. The summed E-state index contributed by atoms with van der Waals surface area (Å²) in [6, 6.07) is 13.3. The molecule has 3 rings (SSSR count). The van der Waals surface area contributed by atoms with E-state index in [2.05, 4.69) is 10.2 Å². The highest BCUT2D eigenvalue weighted by Crippen LogP contribution is 2.29. The molecule has 0 aliphatic carbocycles. The van der Waals surface area contributed by atoms with Gasteiger partial charge in [0.05, 0.1) is 16.1 Å². The normalized spacial score (nSPS) is 10.6. The van der Waals surface area contributed by atoms with Gasteiger partial charge in [-0.15, -0.1) is 10.2 Å². The van der Waals surface area contributed by atoms with Crippen LogP contribution >= 0.6 is 11.6 Å². The first-order chi connectivity index (χ1) is 9.25. The lowest BCUT2D eigenvalue weighted by Gasteiger charge is -1.98. The van der Waals surface area contributed by atoms with Crippen LogP contribution in [0.2, 0.25) is 5.02 Å². The van der Waals surface area contributed by atoms with E-state index in [9.17, 15) is 4.39 Å². The molecule has 0 atom stereocenters. The van der Waals surface area contributed by atoms with Crippen LogP contribution in [0.5, 0.6) is 0 Å². The van der Waals surface area contributed by atoms with Crippen LogP contribution in [-0.2, 0) is 0 Å². The maximum atomic E-state index is 13.6. The second-order valence-corrected chi connectivity index (χ2v) is 4.28. The molecule has 0 N–H and O–H groups in total. The van der Waals surface area contributed by atoms with Crippen molar-refractivity contribution < 1.29 is 8.81 Å². The van der Waals surface area contributed by atoms with Crippen LogP contribution in [0, 0.1) is 5.82 Å². The molecule has 5 heteroatoms. The Bertz CT molecular complexity index is 667. The summed E-state index contributed by atoms with van der Waals surface area (Å²) in [5.41, 5.74) is 0.896. The first-order valence-electron chi connectivity index (χ1n) is 5.59. The van der Waals surface area contributed by atoms with Crippen molar-refractivity contribution in [3.05, 3.63) is 59.4 Å². The summed E-state index contributed by atoms with van der Waals surface area (Å²) in [7, 11) is 0. The minimum absolute atomic E-state index is 0.132. The van der Waals surface area contributed by atoms with Gasteiger partial charge < -0.3 is 4.42 Å². The Balaban J connectivity index is 2.06. The molecule has 0 spiro atoms. The van der Waals surface area contributed by atoms with Crippen LogP contribution in [0.1, 0.15) is 0 Å². The highest BCUT2D eigenvalue weighted by molar-refractivity contribution is 6.33. The van der Waals surface area contributed by atoms with Gasteiger partial charge in [-0.3, -0.25) is 0 Å². The van der Waals surface area contributed by atoms with E-state index in [1.165, 1.54) is 6.07 Å². The summed E-state index contributed by atoms with van der Waals surface area (Å²) in [5, 5.41) is 8.25. The molecule has 0 aliphatic heterocycles. The Labute approximate surface area is 113 Å². The lowest BCUT2D eigenvalue weighted by atomic mass is 10.2. The molecule has 0 fully saturated rings. The SMILES string of the molecule is Fc1ccccc1-c1nnc(-c2ccccc2Cl)o1. The van der Waals surface area contributed by atoms with E-state index < -0.39 is 5.82 Å². The zero-order valence-electron chi connectivity index (χ0n) is 9.68. The summed E-state index contributed by atoms with van der Waals surface area (Å²) in [5.74, 6) is -0.00580. The fourth-order valence-electron chi connectivity index (χ4n) is 1.71. The third-order valence-electron chi connectivity index (χ3n) is 2.63. The van der Waals surface area contributed by atoms with E-state index in [0.717, 1.165) is 0 Å². The zero-order chi connectivity index (χ0) is 13.2. The highest BCUT2D eigenvalue weighted by Gasteiger charge is 2.14. The molecule has 0 bridgehead atoms. The standard InChI is InChI=1S/C14H8ClFN2O/c15-11-7-3-1-5-9(11)13-17-18-14(19-13)10-6-2-4-8-12(10)16/h1-8H. The van der Waals surface area contributed by atoms with Gasteiger partial charge in [0.2, 0.25) is 5.89 Å². The van der Waals surface area contributed by atoms with Gasteiger partial charge in [-0.05, 0) is 24.3 Å². The average molecular weight is 275 g/mol. The second-order valence-electron chi connectivity index (χ2n) is 3.87. The molecule has 0 amide bonds. The monoisotopic (exact) mass is 274 g/mol. The Morgan fingerprint density at radius 1 is 0.842 bits per heavy atom. The van der Waals surface area contributed by atoms with Crippen molar-refractivity contribution in [1.29, 1.82) is 0 Å². The first kappa shape index (κ1) is 11.9. The van der Waals surface area contributed by atoms with Crippen molar-refractivity contribution in [2.45, 2.75) is 0 Å². The number of hydrogen-bond acceptors (Lipinski definition) is 3. The third kappa shape index (κ3) is 2.22. The molecule has 19 heavy (non-hydrogen) atoms. The second kappa shape index (κ2) is 4.82. The topological polar surface area (TPSA) is 38.9 Å². The van der Waals surface area contributed by atoms with Crippen molar-refractivity contribution in [3.63, 3.8) is 0 Å². The van der Waals surface area contributed by atoms with Gasteiger partial charge in [0.1, 0.15) is 5.82 Å². The molecule has 0 radical (unpaired) electrons. The lowest BCUT2D eigenvalue weighted by molar-refractivity contribution is 0.571. The summed E-state index contributed by atoms with van der Waals surface area (Å²) in [4.78, 5) is 0. The summed E-state index contributed by atoms with van der Waals surface area (Å²) in [6.45, 7) is 0. The summed E-state index contributed by atoms with van der Waals surface area (Å²) >= 11 is 6.04. The van der Waals surface area contributed by atoms with E-state index in [4.69, 9.17) is 16.0 Å². The number of benzene rings is 2. The maximum Gasteiger partial charge on any atom is 0.251 e. The van der Waals surface area contributed by atoms with Crippen LogP contribution < -0.4 is 0 Å². The minimum Gasteiger partial charge on any atom is -0.416 e. The first-order valence-corrected chi connectivity index (χ1v) is 5.97. The van der Waals surface area contributed by atoms with Gasteiger partial charge in [0.25, 0.3) is 5.89 Å². The molecule has 94 valence electrons. The van der Waals surface area contributed by atoms with Crippen molar-refractivity contribution in [2.24, 2.45) is 0 Å². The van der Waals surface area contributed by atoms with Crippen LogP contribution in [0.4, 0.5) is 4.39 Å². The summed E-state index contributed by atoms with van der Waals surface area (Å²) in [6.07, 6.45) is 0. The number of nitrogens with zero attached hydrogens (tertiary/aromatic N) is 2. The van der Waals surface area contributed by atoms with Gasteiger partial charge in [-0.25, -0.2) is 4.39 Å². The zero-order valence-corrected chi connectivity index (χ0v) is 10.4. The van der Waals surface area contributed by atoms with Crippen LogP contribution in [0.15, 0.2) is 52.9 Å². The smallest absolute Gasteiger partial charge is 0.251 e. The molecule has 0 saturated carbocycles. The predicted molar refractivity (Wildman–Crippen MR) is 70.1 cm³/mol. The molecule has 1 heterocycles. The van der Waals surface area contributed by atoms with Crippen LogP contribution in [-0.4, -0.2) is 10.2 Å². The molecule has 0 aliphatic rings. The van der Waals surface area contributed by atoms with Gasteiger partial charge in [0, 0.05) is 0 Å². The molecular formula is C14H8ClFN2O. The van der Waals surface area contributed by atoms with Crippen molar-refractivity contribution in [1.82, 2.24) is 10.2 Å². The van der Waals surface area contributed by atoms with Gasteiger partial charge in [-0.2, -0.15) is 0 Å². The van der Waals surface area contributed by atoms with Gasteiger partial charge in [-0.1, -0.05) is 35.9 Å². The Kier molecular flexibility index (Phi) is 3.01. The number of hydrogen-bond donors (Lipinski definition) is 0. The summed E-state index contributed by atoms with van der Waals surface area (Å²) < 4.78 is 19.1. The fraction of sp³-hybridized carbons (Fsp3) is 0. The Morgan fingerprint density at radius 2 is 1.42 bits per heavy atom. The molecule has 1 aromatic heterocycles. The maximum absolute atomic E-state index is 13.6. The van der Waals surface area contributed by atoms with E-state index in [0.29, 0.717) is 10.6 Å². The lowest BCUT2D eigenvalue weighted by Crippen LogP contribution is -1.82. The van der Waals surface area contributed by atoms with Crippen LogP contribution in [0.25, 0.3) is 22.9 Å². The van der Waals surface area contributed by atoms with Crippen molar-refractivity contribution >= 4 is 11.6 Å². The molecule has 0 unspecified atom stereocenters. The minimum atomic E-state index is -0.406. The Hall–Kier alpha value is -2.20. The van der Waals surface area contributed by atoms with Crippen molar-refractivity contribution in [2.75, 3.05) is 0 Å². The number of halogens is 2. The van der Waals surface area contributed by atoms with E-state index in [-0.39, 0.29) is 17.3 Å². The van der Waals surface area contributed by atoms with E-state index >= 15 is 0 Å². The molecule has 3 nitrogen and oxygen atoms in total. The van der Waals surface area contributed by atoms with E-state index in [1.807, 2.05) is 6.07 Å².